The van der Waals surface area contributed by atoms with Crippen molar-refractivity contribution in [2.45, 2.75) is 25.1 Å². The van der Waals surface area contributed by atoms with Gasteiger partial charge < -0.3 is 19.7 Å². The molecule has 1 aliphatic heterocycles. The molecule has 0 fully saturated rings. The lowest BCUT2D eigenvalue weighted by molar-refractivity contribution is -0.128. The fraction of sp³-hybridized carbons (Fsp3) is 0.259. The Morgan fingerprint density at radius 3 is 2.38 bits per heavy atom. The van der Waals surface area contributed by atoms with E-state index >= 15 is 0 Å². The van der Waals surface area contributed by atoms with Crippen molar-refractivity contribution in [1.29, 1.82) is 0 Å². The van der Waals surface area contributed by atoms with Gasteiger partial charge in [0.25, 0.3) is 5.91 Å². The van der Waals surface area contributed by atoms with Crippen LogP contribution in [0.25, 0.3) is 0 Å². The predicted octanol–water partition coefficient (Wildman–Crippen LogP) is 2.79. The van der Waals surface area contributed by atoms with E-state index in [1.807, 2.05) is 30.3 Å². The molecule has 0 aromatic heterocycles. The summed E-state index contributed by atoms with van der Waals surface area (Å²) in [6.07, 6.45) is -0.0399. The summed E-state index contributed by atoms with van der Waals surface area (Å²) >= 11 is 0. The van der Waals surface area contributed by atoms with Crippen LogP contribution in [0.4, 0.5) is 5.69 Å². The zero-order valence-electron chi connectivity index (χ0n) is 20.6. The molecule has 0 aliphatic carbocycles. The molecule has 1 aliphatic rings. The lowest BCUT2D eigenvalue weighted by Gasteiger charge is -2.35. The standard InChI is InChI=1S/C27H29N3O6S/c1-35-21-14-12-20(13-15-21)22(29-37(2,33)34)16-26(31)30-18-25(36-24-11-7-6-10-23(24)30)27(32)28-17-19-8-4-3-5-9-19/h3-15,22,25,29H,16-18H2,1-2H3,(H,28,32)/t22-,25+/m0/s1. The van der Waals surface area contributed by atoms with Crippen molar-refractivity contribution in [3.8, 4) is 11.5 Å². The summed E-state index contributed by atoms with van der Waals surface area (Å²) in [4.78, 5) is 28.0. The van der Waals surface area contributed by atoms with Gasteiger partial charge in [-0.25, -0.2) is 13.1 Å². The molecule has 1 heterocycles. The van der Waals surface area contributed by atoms with Gasteiger partial charge in [0, 0.05) is 13.0 Å². The van der Waals surface area contributed by atoms with Crippen molar-refractivity contribution < 1.29 is 27.5 Å². The SMILES string of the molecule is COc1ccc([C@H](CC(=O)N2C[C@H](C(=O)NCc3ccccc3)Oc3ccccc32)NS(C)(=O)=O)cc1. The van der Waals surface area contributed by atoms with Gasteiger partial charge in [0.05, 0.1) is 31.6 Å². The minimum atomic E-state index is -3.62. The molecule has 37 heavy (non-hydrogen) atoms. The molecule has 2 N–H and O–H groups in total. The summed E-state index contributed by atoms with van der Waals surface area (Å²) in [5.41, 5.74) is 2.07. The second kappa shape index (κ2) is 11.4. The van der Waals surface area contributed by atoms with Gasteiger partial charge >= 0.3 is 0 Å². The zero-order valence-corrected chi connectivity index (χ0v) is 21.4. The Morgan fingerprint density at radius 2 is 1.70 bits per heavy atom. The number of para-hydroxylation sites is 2. The number of nitrogens with zero attached hydrogens (tertiary/aromatic N) is 1. The number of hydrogen-bond donors (Lipinski definition) is 2. The molecule has 0 spiro atoms. The number of benzene rings is 3. The number of amides is 2. The van der Waals surface area contributed by atoms with Crippen molar-refractivity contribution in [2.75, 3.05) is 24.8 Å². The van der Waals surface area contributed by atoms with E-state index in [2.05, 4.69) is 10.0 Å². The monoisotopic (exact) mass is 523 g/mol. The van der Waals surface area contributed by atoms with Crippen molar-refractivity contribution in [3.05, 3.63) is 90.0 Å². The second-order valence-corrected chi connectivity index (χ2v) is 10.5. The first-order valence-electron chi connectivity index (χ1n) is 11.7. The summed E-state index contributed by atoms with van der Waals surface area (Å²) in [5, 5.41) is 2.86. The molecule has 0 unspecified atom stereocenters. The van der Waals surface area contributed by atoms with Gasteiger partial charge in [0.1, 0.15) is 11.5 Å². The van der Waals surface area contributed by atoms with E-state index < -0.39 is 22.2 Å². The molecule has 194 valence electrons. The van der Waals surface area contributed by atoms with Gasteiger partial charge in [0.2, 0.25) is 15.9 Å². The van der Waals surface area contributed by atoms with Crippen LogP contribution in [0.2, 0.25) is 0 Å². The van der Waals surface area contributed by atoms with Crippen LogP contribution >= 0.6 is 0 Å². The largest absolute Gasteiger partial charge is 0.497 e. The summed E-state index contributed by atoms with van der Waals surface area (Å²) in [6, 6.07) is 22.5. The van der Waals surface area contributed by atoms with Crippen molar-refractivity contribution in [3.63, 3.8) is 0 Å². The first-order chi connectivity index (χ1) is 17.7. The molecular formula is C27H29N3O6S. The Morgan fingerprint density at radius 1 is 1.03 bits per heavy atom. The number of ether oxygens (including phenoxy) is 2. The minimum Gasteiger partial charge on any atom is -0.497 e. The molecule has 0 bridgehead atoms. The van der Waals surface area contributed by atoms with Gasteiger partial charge in [-0.15, -0.1) is 0 Å². The molecular weight excluding hydrogens is 494 g/mol. The molecule has 0 radical (unpaired) electrons. The maximum Gasteiger partial charge on any atom is 0.263 e. The highest BCUT2D eigenvalue weighted by Gasteiger charge is 2.35. The third kappa shape index (κ3) is 6.87. The van der Waals surface area contributed by atoms with Crippen LogP contribution in [0.1, 0.15) is 23.6 Å². The Bertz CT molecular complexity index is 1350. The first-order valence-corrected chi connectivity index (χ1v) is 13.6. The molecule has 4 rings (SSSR count). The summed E-state index contributed by atoms with van der Waals surface area (Å²) in [5.74, 6) is 0.310. The van der Waals surface area contributed by atoms with Crippen molar-refractivity contribution in [1.82, 2.24) is 10.0 Å². The van der Waals surface area contributed by atoms with E-state index in [9.17, 15) is 18.0 Å². The van der Waals surface area contributed by atoms with Gasteiger partial charge in [0.15, 0.2) is 6.10 Å². The number of rotatable bonds is 9. The fourth-order valence-electron chi connectivity index (χ4n) is 4.11. The molecule has 3 aromatic carbocycles. The number of methoxy groups -OCH3 is 1. The van der Waals surface area contributed by atoms with E-state index in [1.54, 1.807) is 48.5 Å². The van der Waals surface area contributed by atoms with Gasteiger partial charge in [-0.3, -0.25) is 9.59 Å². The van der Waals surface area contributed by atoms with Crippen LogP contribution in [-0.4, -0.2) is 46.2 Å². The van der Waals surface area contributed by atoms with Crippen molar-refractivity contribution >= 4 is 27.5 Å². The topological polar surface area (TPSA) is 114 Å². The average molecular weight is 524 g/mol. The lowest BCUT2D eigenvalue weighted by Crippen LogP contribution is -2.51. The van der Waals surface area contributed by atoms with Gasteiger partial charge in [-0.05, 0) is 35.4 Å². The number of carbonyl (C=O) groups excluding carboxylic acids is 2. The highest BCUT2D eigenvalue weighted by Crippen LogP contribution is 2.34. The maximum absolute atomic E-state index is 13.6. The van der Waals surface area contributed by atoms with Crippen molar-refractivity contribution in [2.24, 2.45) is 0 Å². The minimum absolute atomic E-state index is 0.00925. The van der Waals surface area contributed by atoms with Crippen LogP contribution in [0.5, 0.6) is 11.5 Å². The van der Waals surface area contributed by atoms with Gasteiger partial charge in [-0.2, -0.15) is 0 Å². The van der Waals surface area contributed by atoms with E-state index in [0.29, 0.717) is 29.3 Å². The van der Waals surface area contributed by atoms with Crippen LogP contribution in [0.15, 0.2) is 78.9 Å². The summed E-state index contributed by atoms with van der Waals surface area (Å²) in [7, 11) is -2.09. The number of anilines is 1. The summed E-state index contributed by atoms with van der Waals surface area (Å²) in [6.45, 7) is 0.317. The quantitative estimate of drug-likeness (QED) is 0.446. The van der Waals surface area contributed by atoms with E-state index in [1.165, 1.54) is 12.0 Å². The highest BCUT2D eigenvalue weighted by molar-refractivity contribution is 7.88. The maximum atomic E-state index is 13.6. The molecule has 9 nitrogen and oxygen atoms in total. The third-order valence-electron chi connectivity index (χ3n) is 5.93. The molecule has 3 aromatic rings. The molecule has 2 amide bonds. The molecule has 0 saturated carbocycles. The number of sulfonamides is 1. The molecule has 0 saturated heterocycles. The first kappa shape index (κ1) is 26.2. The van der Waals surface area contributed by atoms with E-state index in [4.69, 9.17) is 9.47 Å². The lowest BCUT2D eigenvalue weighted by atomic mass is 10.0. The van der Waals surface area contributed by atoms with Crippen LogP contribution in [0.3, 0.4) is 0 Å². The average Bonchev–Trinajstić information content (AvgIpc) is 2.90. The third-order valence-corrected chi connectivity index (χ3v) is 6.64. The number of carbonyl (C=O) groups is 2. The Labute approximate surface area is 216 Å². The van der Waals surface area contributed by atoms with Crippen LogP contribution in [0, 0.1) is 0 Å². The fourth-order valence-corrected chi connectivity index (χ4v) is 4.85. The number of fused-ring (bicyclic) bond motifs is 1. The molecule has 2 atom stereocenters. The van der Waals surface area contributed by atoms with Crippen LogP contribution in [-0.2, 0) is 26.2 Å². The van der Waals surface area contributed by atoms with Crippen LogP contribution < -0.4 is 24.4 Å². The number of hydrogen-bond acceptors (Lipinski definition) is 6. The normalized spacial score (nSPS) is 15.7. The Hall–Kier alpha value is -3.89. The van der Waals surface area contributed by atoms with E-state index in [-0.39, 0.29) is 24.8 Å². The molecule has 10 heteroatoms. The Balaban J connectivity index is 1.54. The number of nitrogens with one attached hydrogen (secondary N) is 2. The second-order valence-electron chi connectivity index (χ2n) is 8.70. The predicted molar refractivity (Wildman–Crippen MR) is 140 cm³/mol. The van der Waals surface area contributed by atoms with E-state index in [0.717, 1.165) is 11.8 Å². The Kier molecular flexibility index (Phi) is 8.10. The highest BCUT2D eigenvalue weighted by atomic mass is 32.2. The smallest absolute Gasteiger partial charge is 0.263 e. The summed E-state index contributed by atoms with van der Waals surface area (Å²) < 4.78 is 37.8. The zero-order chi connectivity index (χ0) is 26.4. The van der Waals surface area contributed by atoms with Gasteiger partial charge in [-0.1, -0.05) is 54.6 Å².